The Hall–Kier alpha value is -0.710. The van der Waals surface area contributed by atoms with Gasteiger partial charge in [-0.2, -0.15) is 8.78 Å². The first-order valence-electron chi connectivity index (χ1n) is 3.40. The van der Waals surface area contributed by atoms with Gasteiger partial charge in [0.1, 0.15) is 6.61 Å². The fraction of sp³-hybridized carbons (Fsp3) is 0.857. The smallest absolute Gasteiger partial charge is 0.377 e. The lowest BCUT2D eigenvalue weighted by Crippen LogP contribution is -2.37. The van der Waals surface area contributed by atoms with Crippen LogP contribution < -0.4 is 0 Å². The van der Waals surface area contributed by atoms with Crippen molar-refractivity contribution in [2.45, 2.75) is 32.3 Å². The number of carboxylic acids is 1. The lowest BCUT2D eigenvalue weighted by molar-refractivity contribution is -0.180. The van der Waals surface area contributed by atoms with Crippen molar-refractivity contribution in [3.63, 3.8) is 0 Å². The summed E-state index contributed by atoms with van der Waals surface area (Å²) >= 11 is 0. The molecule has 0 saturated heterocycles. The second-order valence-corrected chi connectivity index (χ2v) is 3.41. The van der Waals surface area contributed by atoms with Crippen LogP contribution in [0.3, 0.4) is 0 Å². The Balaban J connectivity index is 4.01. The molecule has 0 aliphatic rings. The third-order valence-electron chi connectivity index (χ3n) is 0.999. The Morgan fingerprint density at radius 3 is 2.08 bits per heavy atom. The summed E-state index contributed by atoms with van der Waals surface area (Å²) in [5.74, 6) is -5.96. The SMILES string of the molecule is CC(C)(C)OCC(F)(F)C(=O)O. The van der Waals surface area contributed by atoms with Crippen LogP contribution in [0.1, 0.15) is 20.8 Å². The van der Waals surface area contributed by atoms with Crippen LogP contribution >= 0.6 is 0 Å². The van der Waals surface area contributed by atoms with Gasteiger partial charge in [-0.25, -0.2) is 4.79 Å². The van der Waals surface area contributed by atoms with E-state index in [0.717, 1.165) is 0 Å². The van der Waals surface area contributed by atoms with Crippen LogP contribution in [0.4, 0.5) is 8.78 Å². The molecule has 0 aromatic carbocycles. The number of rotatable bonds is 3. The van der Waals surface area contributed by atoms with E-state index >= 15 is 0 Å². The highest BCUT2D eigenvalue weighted by molar-refractivity contribution is 5.75. The van der Waals surface area contributed by atoms with E-state index in [0.29, 0.717) is 0 Å². The first kappa shape index (κ1) is 11.3. The number of hydrogen-bond donors (Lipinski definition) is 1. The molecule has 0 spiro atoms. The van der Waals surface area contributed by atoms with Gasteiger partial charge in [-0.3, -0.25) is 0 Å². The molecule has 0 radical (unpaired) electrons. The number of alkyl halides is 2. The number of ether oxygens (including phenoxy) is 1. The maximum Gasteiger partial charge on any atom is 0.377 e. The zero-order valence-corrected chi connectivity index (χ0v) is 7.23. The summed E-state index contributed by atoms with van der Waals surface area (Å²) in [6.45, 7) is 3.63. The predicted molar refractivity (Wildman–Crippen MR) is 38.3 cm³/mol. The van der Waals surface area contributed by atoms with Crippen LogP contribution in [-0.2, 0) is 9.53 Å². The van der Waals surface area contributed by atoms with E-state index in [1.807, 2.05) is 0 Å². The van der Waals surface area contributed by atoms with E-state index < -0.39 is 24.1 Å². The largest absolute Gasteiger partial charge is 0.477 e. The summed E-state index contributed by atoms with van der Waals surface area (Å²) in [6.07, 6.45) is 0. The minimum atomic E-state index is -3.80. The lowest BCUT2D eigenvalue weighted by Gasteiger charge is -2.21. The van der Waals surface area contributed by atoms with Gasteiger partial charge in [0.2, 0.25) is 0 Å². The maximum absolute atomic E-state index is 12.4. The van der Waals surface area contributed by atoms with Gasteiger partial charge < -0.3 is 9.84 Å². The monoisotopic (exact) mass is 182 g/mol. The molecule has 0 rings (SSSR count). The molecule has 0 heterocycles. The van der Waals surface area contributed by atoms with Crippen molar-refractivity contribution in [3.05, 3.63) is 0 Å². The molecule has 0 aliphatic heterocycles. The second kappa shape index (κ2) is 3.35. The fourth-order valence-corrected chi connectivity index (χ4v) is 0.369. The van der Waals surface area contributed by atoms with Gasteiger partial charge in [-0.05, 0) is 20.8 Å². The quantitative estimate of drug-likeness (QED) is 0.719. The van der Waals surface area contributed by atoms with Crippen molar-refractivity contribution in [2.24, 2.45) is 0 Å². The first-order chi connectivity index (χ1) is 5.15. The number of carbonyl (C=O) groups is 1. The van der Waals surface area contributed by atoms with Crippen LogP contribution in [0.2, 0.25) is 0 Å². The van der Waals surface area contributed by atoms with Gasteiger partial charge in [0.15, 0.2) is 0 Å². The summed E-state index contributed by atoms with van der Waals surface area (Å²) < 4.78 is 29.3. The minimum absolute atomic E-state index is 0.751. The molecule has 0 aromatic rings. The van der Waals surface area contributed by atoms with Crippen LogP contribution in [-0.4, -0.2) is 29.2 Å². The van der Waals surface area contributed by atoms with Crippen molar-refractivity contribution < 1.29 is 23.4 Å². The molecule has 3 nitrogen and oxygen atoms in total. The molecule has 0 saturated carbocycles. The van der Waals surface area contributed by atoms with Crippen LogP contribution in [0.25, 0.3) is 0 Å². The highest BCUT2D eigenvalue weighted by Crippen LogP contribution is 2.17. The average Bonchev–Trinajstić information content (AvgIpc) is 1.82. The van der Waals surface area contributed by atoms with Crippen molar-refractivity contribution in [1.29, 1.82) is 0 Å². The zero-order valence-electron chi connectivity index (χ0n) is 7.23. The summed E-state index contributed by atoms with van der Waals surface area (Å²) in [5.41, 5.74) is -0.751. The molecule has 72 valence electrons. The molecule has 0 fully saturated rings. The predicted octanol–water partition coefficient (Wildman–Crippen LogP) is 1.52. The van der Waals surface area contributed by atoms with Gasteiger partial charge in [0.05, 0.1) is 5.60 Å². The Morgan fingerprint density at radius 1 is 1.42 bits per heavy atom. The molecule has 12 heavy (non-hydrogen) atoms. The molecule has 1 N–H and O–H groups in total. The number of halogens is 2. The first-order valence-corrected chi connectivity index (χ1v) is 3.40. The molecule has 0 aliphatic carbocycles. The van der Waals surface area contributed by atoms with Crippen molar-refractivity contribution >= 4 is 5.97 Å². The van der Waals surface area contributed by atoms with Gasteiger partial charge in [0.25, 0.3) is 0 Å². The van der Waals surface area contributed by atoms with Crippen molar-refractivity contribution in [3.8, 4) is 0 Å². The third kappa shape index (κ3) is 4.23. The highest BCUT2D eigenvalue weighted by atomic mass is 19.3. The number of carboxylic acid groups (broad SMARTS) is 1. The standard InChI is InChI=1S/C7H12F2O3/c1-6(2,3)12-4-7(8,9)5(10)11/h4H2,1-3H3,(H,10,11). The van der Waals surface area contributed by atoms with E-state index in [9.17, 15) is 13.6 Å². The molecule has 0 aromatic heterocycles. The lowest BCUT2D eigenvalue weighted by atomic mass is 10.2. The average molecular weight is 182 g/mol. The van der Waals surface area contributed by atoms with Crippen molar-refractivity contribution in [1.82, 2.24) is 0 Å². The van der Waals surface area contributed by atoms with Gasteiger partial charge in [-0.1, -0.05) is 0 Å². The molecular formula is C7H12F2O3. The van der Waals surface area contributed by atoms with E-state index in [2.05, 4.69) is 4.74 Å². The van der Waals surface area contributed by atoms with Gasteiger partial charge in [-0.15, -0.1) is 0 Å². The number of aliphatic carboxylic acids is 1. The Morgan fingerprint density at radius 2 is 1.83 bits per heavy atom. The second-order valence-electron chi connectivity index (χ2n) is 3.41. The summed E-state index contributed by atoms with van der Waals surface area (Å²) in [5, 5.41) is 8.01. The zero-order chi connectivity index (χ0) is 9.99. The molecule has 0 atom stereocenters. The van der Waals surface area contributed by atoms with Crippen LogP contribution in [0, 0.1) is 0 Å². The van der Waals surface area contributed by atoms with Crippen molar-refractivity contribution in [2.75, 3.05) is 6.61 Å². The summed E-state index contributed by atoms with van der Waals surface area (Å²) in [6, 6.07) is 0. The van der Waals surface area contributed by atoms with E-state index in [1.165, 1.54) is 0 Å². The van der Waals surface area contributed by atoms with E-state index in [4.69, 9.17) is 5.11 Å². The molecule has 0 unspecified atom stereocenters. The van der Waals surface area contributed by atoms with E-state index in [1.54, 1.807) is 20.8 Å². The van der Waals surface area contributed by atoms with Gasteiger partial charge in [0, 0.05) is 0 Å². The summed E-state index contributed by atoms with van der Waals surface area (Å²) in [4.78, 5) is 9.91. The van der Waals surface area contributed by atoms with Gasteiger partial charge >= 0.3 is 11.9 Å². The Bertz CT molecular complexity index is 172. The number of hydrogen-bond acceptors (Lipinski definition) is 2. The van der Waals surface area contributed by atoms with Crippen LogP contribution in [0.15, 0.2) is 0 Å². The molecular weight excluding hydrogens is 170 g/mol. The Labute approximate surface area is 69.3 Å². The normalized spacial score (nSPS) is 13.1. The topological polar surface area (TPSA) is 46.5 Å². The van der Waals surface area contributed by atoms with E-state index in [-0.39, 0.29) is 0 Å². The molecule has 0 amide bonds. The minimum Gasteiger partial charge on any atom is -0.477 e. The molecule has 5 heteroatoms. The highest BCUT2D eigenvalue weighted by Gasteiger charge is 2.40. The Kier molecular flexibility index (Phi) is 3.15. The molecule has 0 bridgehead atoms. The fourth-order valence-electron chi connectivity index (χ4n) is 0.369. The maximum atomic E-state index is 12.4. The van der Waals surface area contributed by atoms with Crippen LogP contribution in [0.5, 0.6) is 0 Å². The summed E-state index contributed by atoms with van der Waals surface area (Å²) in [7, 11) is 0. The third-order valence-corrected chi connectivity index (χ3v) is 0.999.